The molecule has 2 aromatic carbocycles. The fraction of sp³-hybridized carbons (Fsp3) is 0.179. The summed E-state index contributed by atoms with van der Waals surface area (Å²) in [6.07, 6.45) is -4.40. The number of carbonyl (C=O) groups excluding carboxylic acids is 1. The van der Waals surface area contributed by atoms with Crippen LogP contribution in [-0.2, 0) is 28.7 Å². The number of nitriles is 1. The van der Waals surface area contributed by atoms with Gasteiger partial charge < -0.3 is 9.30 Å². The molecular weight excluding hydrogens is 539 g/mol. The summed E-state index contributed by atoms with van der Waals surface area (Å²) in [6.45, 7) is -0.524. The molecule has 39 heavy (non-hydrogen) atoms. The van der Waals surface area contributed by atoms with Gasteiger partial charge in [0.25, 0.3) is 5.56 Å². The number of esters is 1. The van der Waals surface area contributed by atoms with Gasteiger partial charge in [-0.15, -0.1) is 11.3 Å². The molecule has 0 aliphatic rings. The minimum atomic E-state index is -4.99. The summed E-state index contributed by atoms with van der Waals surface area (Å²) in [4.78, 5) is 24.9. The molecule has 4 rings (SSSR count). The highest BCUT2D eigenvalue weighted by atomic mass is 32.1. The van der Waals surface area contributed by atoms with E-state index in [1.807, 2.05) is 12.1 Å². The average Bonchev–Trinajstić information content (AvgIpc) is 3.39. The highest BCUT2D eigenvalue weighted by Crippen LogP contribution is 2.37. The lowest BCUT2D eigenvalue weighted by Crippen LogP contribution is -2.28. The van der Waals surface area contributed by atoms with Crippen molar-refractivity contribution in [2.24, 2.45) is 0 Å². The molecule has 4 aromatic rings. The molecule has 0 bridgehead atoms. The van der Waals surface area contributed by atoms with E-state index in [0.29, 0.717) is 24.1 Å². The first-order chi connectivity index (χ1) is 18.5. The Kier molecular flexibility index (Phi) is 7.97. The number of ether oxygens (including phenoxy) is 1. The van der Waals surface area contributed by atoms with E-state index in [-0.39, 0.29) is 28.5 Å². The third kappa shape index (κ3) is 6.07. The molecule has 0 N–H and O–H groups in total. The van der Waals surface area contributed by atoms with Crippen LogP contribution in [0.25, 0.3) is 21.7 Å². The van der Waals surface area contributed by atoms with Gasteiger partial charge in [-0.1, -0.05) is 30.3 Å². The molecule has 5 nitrogen and oxygen atoms in total. The number of aryl methyl sites for hydroxylation is 1. The zero-order valence-corrected chi connectivity index (χ0v) is 21.1. The van der Waals surface area contributed by atoms with Crippen LogP contribution in [0.4, 0.5) is 22.0 Å². The lowest BCUT2D eigenvalue weighted by molar-refractivity contribution is -0.140. The average molecular weight is 559 g/mol. The number of hydrogen-bond donors (Lipinski definition) is 0. The van der Waals surface area contributed by atoms with E-state index < -0.39 is 41.0 Å². The number of alkyl halides is 3. The number of thiophene rings is 1. The molecule has 2 aromatic heterocycles. The Balaban J connectivity index is 1.82. The van der Waals surface area contributed by atoms with Gasteiger partial charge in [0.05, 0.1) is 29.8 Å². The first-order valence-corrected chi connectivity index (χ1v) is 12.3. The third-order valence-electron chi connectivity index (χ3n) is 6.02. The molecule has 0 amide bonds. The van der Waals surface area contributed by atoms with E-state index in [1.165, 1.54) is 13.2 Å². The number of nitrogens with zero attached hydrogens (tertiary/aromatic N) is 2. The largest absolute Gasteiger partial charge is 0.469 e. The molecule has 0 saturated heterocycles. The Morgan fingerprint density at radius 1 is 1.08 bits per heavy atom. The number of hydrogen-bond acceptors (Lipinski definition) is 5. The second-order valence-electron chi connectivity index (χ2n) is 8.53. The van der Waals surface area contributed by atoms with Gasteiger partial charge in [-0.05, 0) is 46.7 Å². The topological polar surface area (TPSA) is 72.1 Å². The summed E-state index contributed by atoms with van der Waals surface area (Å²) < 4.78 is 74.8. The van der Waals surface area contributed by atoms with Gasteiger partial charge in [0, 0.05) is 18.1 Å². The van der Waals surface area contributed by atoms with E-state index in [9.17, 15) is 36.8 Å². The Labute approximate surface area is 223 Å². The van der Waals surface area contributed by atoms with Crippen molar-refractivity contribution in [3.05, 3.63) is 104 Å². The van der Waals surface area contributed by atoms with Gasteiger partial charge in [-0.3, -0.25) is 9.59 Å². The Morgan fingerprint density at radius 3 is 2.51 bits per heavy atom. The van der Waals surface area contributed by atoms with Gasteiger partial charge in [0.1, 0.15) is 23.3 Å². The van der Waals surface area contributed by atoms with E-state index in [1.54, 1.807) is 23.6 Å². The molecule has 0 saturated carbocycles. The minimum Gasteiger partial charge on any atom is -0.469 e. The second-order valence-corrected chi connectivity index (χ2v) is 9.44. The second kappa shape index (κ2) is 11.2. The quantitative estimate of drug-likeness (QED) is 0.190. The fourth-order valence-corrected chi connectivity index (χ4v) is 4.98. The summed E-state index contributed by atoms with van der Waals surface area (Å²) in [5.41, 5.74) is -1.88. The Morgan fingerprint density at radius 2 is 1.85 bits per heavy atom. The van der Waals surface area contributed by atoms with E-state index in [4.69, 9.17) is 0 Å². The molecule has 0 unspecified atom stereocenters. The molecule has 0 atom stereocenters. The molecule has 2 heterocycles. The summed E-state index contributed by atoms with van der Waals surface area (Å²) >= 11 is 1.06. The monoisotopic (exact) mass is 558 g/mol. The predicted molar refractivity (Wildman–Crippen MR) is 135 cm³/mol. The first-order valence-electron chi connectivity index (χ1n) is 11.5. The van der Waals surface area contributed by atoms with Crippen LogP contribution in [-0.4, -0.2) is 17.6 Å². The van der Waals surface area contributed by atoms with Crippen molar-refractivity contribution in [3.63, 3.8) is 0 Å². The minimum absolute atomic E-state index is 0.140. The number of methoxy groups -OCH3 is 1. The fourth-order valence-electron chi connectivity index (χ4n) is 4.04. The Hall–Kier alpha value is -4.30. The van der Waals surface area contributed by atoms with Crippen LogP contribution in [0.2, 0.25) is 0 Å². The van der Waals surface area contributed by atoms with Gasteiger partial charge in [0.2, 0.25) is 0 Å². The van der Waals surface area contributed by atoms with Crippen LogP contribution in [0.5, 0.6) is 0 Å². The molecule has 0 aliphatic heterocycles. The van der Waals surface area contributed by atoms with E-state index in [0.717, 1.165) is 39.2 Å². The Bertz CT molecular complexity index is 1650. The van der Waals surface area contributed by atoms with Crippen LogP contribution in [0.3, 0.4) is 0 Å². The zero-order chi connectivity index (χ0) is 28.3. The van der Waals surface area contributed by atoms with Crippen molar-refractivity contribution in [2.75, 3.05) is 7.11 Å². The standard InChI is InChI=1S/C28H19F5N2O3S/c1-38-26(36)8-5-16-3-2-4-17(9-16)19-10-25(39-15-19)24-12-22(28(31,32)33)21(13-34)27(37)35(24)14-18-6-7-20(29)11-23(18)30/h2-4,6-7,9-12,15H,5,8,14H2,1H3. The summed E-state index contributed by atoms with van der Waals surface area (Å²) in [5.74, 6) is -2.21. The molecule has 200 valence electrons. The van der Waals surface area contributed by atoms with Crippen LogP contribution >= 0.6 is 11.3 Å². The third-order valence-corrected chi connectivity index (χ3v) is 6.97. The summed E-state index contributed by atoms with van der Waals surface area (Å²) in [6, 6.07) is 13.5. The van der Waals surface area contributed by atoms with Crippen LogP contribution in [0.15, 0.2) is 64.8 Å². The highest BCUT2D eigenvalue weighted by Gasteiger charge is 2.36. The molecule has 0 spiro atoms. The van der Waals surface area contributed by atoms with Crippen LogP contribution in [0.1, 0.15) is 28.7 Å². The number of pyridine rings is 1. The van der Waals surface area contributed by atoms with Crippen molar-refractivity contribution >= 4 is 17.3 Å². The molecule has 11 heteroatoms. The van der Waals surface area contributed by atoms with E-state index >= 15 is 0 Å². The lowest BCUT2D eigenvalue weighted by Gasteiger charge is -2.17. The smallest absolute Gasteiger partial charge is 0.417 e. The summed E-state index contributed by atoms with van der Waals surface area (Å²) in [5, 5.41) is 11.1. The van der Waals surface area contributed by atoms with Crippen molar-refractivity contribution in [3.8, 4) is 27.8 Å². The predicted octanol–water partition coefficient (Wildman–Crippen LogP) is 6.57. The number of carbonyl (C=O) groups is 1. The maximum atomic E-state index is 14.4. The van der Waals surface area contributed by atoms with Gasteiger partial charge >= 0.3 is 12.1 Å². The normalized spacial score (nSPS) is 11.3. The molecule has 0 radical (unpaired) electrons. The van der Waals surface area contributed by atoms with Crippen molar-refractivity contribution in [1.29, 1.82) is 5.26 Å². The van der Waals surface area contributed by atoms with Crippen molar-refractivity contribution < 1.29 is 31.5 Å². The van der Waals surface area contributed by atoms with Gasteiger partial charge in [-0.2, -0.15) is 18.4 Å². The van der Waals surface area contributed by atoms with E-state index in [2.05, 4.69) is 4.74 Å². The molecule has 0 aliphatic carbocycles. The van der Waals surface area contributed by atoms with Gasteiger partial charge in [-0.25, -0.2) is 8.78 Å². The number of benzene rings is 2. The lowest BCUT2D eigenvalue weighted by atomic mass is 10.0. The zero-order valence-electron chi connectivity index (χ0n) is 20.3. The maximum absolute atomic E-state index is 14.4. The number of halogens is 5. The number of aromatic nitrogens is 1. The summed E-state index contributed by atoms with van der Waals surface area (Å²) in [7, 11) is 1.29. The molecular formula is C28H19F5N2O3S. The first kappa shape index (κ1) is 27.7. The van der Waals surface area contributed by atoms with Crippen molar-refractivity contribution in [1.82, 2.24) is 4.57 Å². The van der Waals surface area contributed by atoms with Crippen LogP contribution < -0.4 is 5.56 Å². The number of rotatable bonds is 7. The van der Waals surface area contributed by atoms with Crippen molar-refractivity contribution in [2.45, 2.75) is 25.6 Å². The SMILES string of the molecule is COC(=O)CCc1cccc(-c2csc(-c3cc(C(F)(F)F)c(C#N)c(=O)n3Cc3ccc(F)cc3F)c2)c1. The van der Waals surface area contributed by atoms with Crippen LogP contribution in [0, 0.1) is 23.0 Å². The van der Waals surface area contributed by atoms with Gasteiger partial charge in [0.15, 0.2) is 0 Å². The maximum Gasteiger partial charge on any atom is 0.417 e. The highest BCUT2D eigenvalue weighted by molar-refractivity contribution is 7.14. The molecule has 0 fully saturated rings.